The number of aromatic nitrogens is 2. The Morgan fingerprint density at radius 1 is 1.60 bits per heavy atom. The van der Waals surface area contributed by atoms with Crippen LogP contribution in [-0.4, -0.2) is 58.6 Å². The SMILES string of the molecule is CCOC(=O)c1cnn(C2CCCN(CCCO)C2)c1. The average molecular weight is 281 g/mol. The fraction of sp³-hybridized carbons (Fsp3) is 0.714. The highest BCUT2D eigenvalue weighted by molar-refractivity contribution is 5.88. The lowest BCUT2D eigenvalue weighted by molar-refractivity contribution is 0.0526. The van der Waals surface area contributed by atoms with Gasteiger partial charge in [0.2, 0.25) is 0 Å². The number of likely N-dealkylation sites (tertiary alicyclic amines) is 1. The van der Waals surface area contributed by atoms with Gasteiger partial charge in [0.15, 0.2) is 0 Å². The number of esters is 1. The number of hydrogen-bond donors (Lipinski definition) is 1. The number of carbonyl (C=O) groups excluding carboxylic acids is 1. The van der Waals surface area contributed by atoms with Crippen molar-refractivity contribution in [3.05, 3.63) is 18.0 Å². The molecule has 6 nitrogen and oxygen atoms in total. The minimum absolute atomic E-state index is 0.232. The van der Waals surface area contributed by atoms with Crippen molar-refractivity contribution < 1.29 is 14.6 Å². The zero-order valence-corrected chi connectivity index (χ0v) is 12.0. The van der Waals surface area contributed by atoms with E-state index in [9.17, 15) is 4.79 Å². The molecule has 1 aliphatic heterocycles. The van der Waals surface area contributed by atoms with Crippen molar-refractivity contribution in [1.29, 1.82) is 0 Å². The first-order chi connectivity index (χ1) is 9.74. The van der Waals surface area contributed by atoms with Gasteiger partial charge in [-0.2, -0.15) is 5.10 Å². The molecule has 2 rings (SSSR count). The molecule has 112 valence electrons. The fourth-order valence-corrected chi connectivity index (χ4v) is 2.60. The Morgan fingerprint density at radius 3 is 3.20 bits per heavy atom. The van der Waals surface area contributed by atoms with E-state index >= 15 is 0 Å². The Balaban J connectivity index is 1.95. The van der Waals surface area contributed by atoms with Gasteiger partial charge in [0, 0.05) is 25.9 Å². The molecule has 0 aromatic carbocycles. The molecule has 0 aliphatic carbocycles. The van der Waals surface area contributed by atoms with Crippen LogP contribution in [-0.2, 0) is 4.74 Å². The monoisotopic (exact) mass is 281 g/mol. The van der Waals surface area contributed by atoms with Crippen molar-refractivity contribution in [1.82, 2.24) is 14.7 Å². The lowest BCUT2D eigenvalue weighted by Crippen LogP contribution is -2.37. The quantitative estimate of drug-likeness (QED) is 0.790. The van der Waals surface area contributed by atoms with E-state index in [1.165, 1.54) is 0 Å². The number of rotatable bonds is 6. The van der Waals surface area contributed by atoms with Crippen LogP contribution in [0.25, 0.3) is 0 Å². The van der Waals surface area contributed by atoms with Gasteiger partial charge in [-0.15, -0.1) is 0 Å². The lowest BCUT2D eigenvalue weighted by Gasteiger charge is -2.32. The van der Waals surface area contributed by atoms with Gasteiger partial charge in [0.1, 0.15) is 0 Å². The average Bonchev–Trinajstić information content (AvgIpc) is 2.95. The summed E-state index contributed by atoms with van der Waals surface area (Å²) in [6.45, 7) is 5.31. The number of aliphatic hydroxyl groups excluding tert-OH is 1. The minimum atomic E-state index is -0.313. The molecule has 0 amide bonds. The van der Waals surface area contributed by atoms with Gasteiger partial charge >= 0.3 is 5.97 Å². The van der Waals surface area contributed by atoms with E-state index in [0.717, 1.165) is 38.9 Å². The van der Waals surface area contributed by atoms with Crippen LogP contribution in [0.5, 0.6) is 0 Å². The highest BCUT2D eigenvalue weighted by Crippen LogP contribution is 2.21. The molecule has 20 heavy (non-hydrogen) atoms. The van der Waals surface area contributed by atoms with Crippen LogP contribution in [0.4, 0.5) is 0 Å². The van der Waals surface area contributed by atoms with Crippen LogP contribution in [0, 0.1) is 0 Å². The number of aliphatic hydroxyl groups is 1. The van der Waals surface area contributed by atoms with Gasteiger partial charge in [-0.1, -0.05) is 0 Å². The van der Waals surface area contributed by atoms with E-state index in [2.05, 4.69) is 10.00 Å². The third-order valence-electron chi connectivity index (χ3n) is 3.60. The number of hydrogen-bond acceptors (Lipinski definition) is 5. The molecule has 1 N–H and O–H groups in total. The molecular weight excluding hydrogens is 258 g/mol. The van der Waals surface area contributed by atoms with Crippen molar-refractivity contribution in [2.24, 2.45) is 0 Å². The van der Waals surface area contributed by atoms with Crippen LogP contribution in [0.15, 0.2) is 12.4 Å². The standard InChI is InChI=1S/C14H23N3O3/c1-2-20-14(19)12-9-15-17(10-12)13-5-3-6-16(11-13)7-4-8-18/h9-10,13,18H,2-8,11H2,1H3. The summed E-state index contributed by atoms with van der Waals surface area (Å²) in [5, 5.41) is 13.2. The van der Waals surface area contributed by atoms with Crippen molar-refractivity contribution >= 4 is 5.97 Å². The Kier molecular flexibility index (Phi) is 5.55. The third-order valence-corrected chi connectivity index (χ3v) is 3.60. The van der Waals surface area contributed by atoms with Crippen molar-refractivity contribution in [2.45, 2.75) is 32.2 Å². The largest absolute Gasteiger partial charge is 0.462 e. The van der Waals surface area contributed by atoms with Crippen molar-refractivity contribution in [2.75, 3.05) is 32.8 Å². The van der Waals surface area contributed by atoms with Crippen LogP contribution in [0.1, 0.15) is 42.6 Å². The summed E-state index contributed by atoms with van der Waals surface area (Å²) in [5.74, 6) is -0.313. The zero-order valence-electron chi connectivity index (χ0n) is 12.0. The zero-order chi connectivity index (χ0) is 14.4. The number of nitrogens with zero attached hydrogens (tertiary/aromatic N) is 3. The summed E-state index contributed by atoms with van der Waals surface area (Å²) < 4.78 is 6.84. The van der Waals surface area contributed by atoms with E-state index in [0.29, 0.717) is 18.2 Å². The van der Waals surface area contributed by atoms with Crippen LogP contribution < -0.4 is 0 Å². The molecule has 0 saturated carbocycles. The van der Waals surface area contributed by atoms with Gasteiger partial charge in [-0.25, -0.2) is 4.79 Å². The second-order valence-electron chi connectivity index (χ2n) is 5.10. The molecule has 1 atom stereocenters. The molecule has 1 fully saturated rings. The molecule has 1 aromatic heterocycles. The topological polar surface area (TPSA) is 67.6 Å². The molecule has 2 heterocycles. The molecule has 1 unspecified atom stereocenters. The number of ether oxygens (including phenoxy) is 1. The van der Waals surface area contributed by atoms with E-state index in [1.807, 2.05) is 4.68 Å². The maximum absolute atomic E-state index is 11.6. The van der Waals surface area contributed by atoms with Gasteiger partial charge in [0.05, 0.1) is 24.4 Å². The smallest absolute Gasteiger partial charge is 0.341 e. The van der Waals surface area contributed by atoms with Gasteiger partial charge < -0.3 is 14.7 Å². The Hall–Kier alpha value is -1.40. The van der Waals surface area contributed by atoms with Crippen molar-refractivity contribution in [3.63, 3.8) is 0 Å². The van der Waals surface area contributed by atoms with Gasteiger partial charge in [-0.05, 0) is 32.7 Å². The Bertz CT molecular complexity index is 433. The molecular formula is C14H23N3O3. The number of piperidine rings is 1. The molecule has 1 saturated heterocycles. The van der Waals surface area contributed by atoms with E-state index in [-0.39, 0.29) is 12.6 Å². The first-order valence-corrected chi connectivity index (χ1v) is 7.29. The Morgan fingerprint density at radius 2 is 2.45 bits per heavy atom. The van der Waals surface area contributed by atoms with E-state index in [4.69, 9.17) is 9.84 Å². The first-order valence-electron chi connectivity index (χ1n) is 7.29. The summed E-state index contributed by atoms with van der Waals surface area (Å²) >= 11 is 0. The predicted octanol–water partition coefficient (Wildman–Crippen LogP) is 1.08. The summed E-state index contributed by atoms with van der Waals surface area (Å²) in [7, 11) is 0. The minimum Gasteiger partial charge on any atom is -0.462 e. The van der Waals surface area contributed by atoms with Crippen molar-refractivity contribution in [3.8, 4) is 0 Å². The molecule has 6 heteroatoms. The molecule has 0 radical (unpaired) electrons. The summed E-state index contributed by atoms with van der Waals surface area (Å²) in [4.78, 5) is 14.0. The fourth-order valence-electron chi connectivity index (χ4n) is 2.60. The highest BCUT2D eigenvalue weighted by Gasteiger charge is 2.22. The summed E-state index contributed by atoms with van der Waals surface area (Å²) in [6.07, 6.45) is 6.34. The molecule has 0 bridgehead atoms. The summed E-state index contributed by atoms with van der Waals surface area (Å²) in [6, 6.07) is 0.297. The maximum Gasteiger partial charge on any atom is 0.341 e. The molecule has 1 aromatic rings. The predicted molar refractivity (Wildman–Crippen MR) is 74.6 cm³/mol. The van der Waals surface area contributed by atoms with E-state index in [1.54, 1.807) is 19.3 Å². The van der Waals surface area contributed by atoms with Gasteiger partial charge in [0.25, 0.3) is 0 Å². The normalized spacial score (nSPS) is 20.0. The Labute approximate surface area is 119 Å². The maximum atomic E-state index is 11.6. The first kappa shape index (κ1) is 15.0. The molecule has 1 aliphatic rings. The number of carbonyl (C=O) groups is 1. The van der Waals surface area contributed by atoms with Crippen LogP contribution in [0.3, 0.4) is 0 Å². The lowest BCUT2D eigenvalue weighted by atomic mass is 10.1. The second-order valence-corrected chi connectivity index (χ2v) is 5.10. The van der Waals surface area contributed by atoms with Gasteiger partial charge in [-0.3, -0.25) is 4.68 Å². The highest BCUT2D eigenvalue weighted by atomic mass is 16.5. The molecule has 0 spiro atoms. The van der Waals surface area contributed by atoms with Crippen LogP contribution in [0.2, 0.25) is 0 Å². The second kappa shape index (κ2) is 7.40. The van der Waals surface area contributed by atoms with Crippen LogP contribution >= 0.6 is 0 Å². The van der Waals surface area contributed by atoms with E-state index < -0.39 is 0 Å². The summed E-state index contributed by atoms with van der Waals surface area (Å²) in [5.41, 5.74) is 0.513. The third kappa shape index (κ3) is 3.80.